The van der Waals surface area contributed by atoms with Crippen LogP contribution in [0.15, 0.2) is 4.79 Å². The van der Waals surface area contributed by atoms with Crippen molar-refractivity contribution in [1.29, 1.82) is 0 Å². The minimum atomic E-state index is -1.44. The minimum Gasteiger partial charge on any atom is -0.462 e. The number of nitrogens with zero attached hydrogens (tertiary/aromatic N) is 3. The van der Waals surface area contributed by atoms with Crippen molar-refractivity contribution in [2.45, 2.75) is 56.3 Å². The van der Waals surface area contributed by atoms with E-state index >= 15 is 0 Å². The van der Waals surface area contributed by atoms with Crippen LogP contribution in [0, 0.1) is 0 Å². The molecule has 1 saturated carbocycles. The number of carbonyl (C=O) groups excluding carboxylic acids is 1. The highest BCUT2D eigenvalue weighted by Gasteiger charge is 2.45. The normalized spacial score (nSPS) is 27.0. The number of hydrogen-bond acceptors (Lipinski definition) is 12. The molecule has 3 heterocycles. The molecule has 30 heavy (non-hydrogen) atoms. The fourth-order valence-corrected chi connectivity index (χ4v) is 4.74. The van der Waals surface area contributed by atoms with E-state index in [4.69, 9.17) is 20.9 Å². The number of hydrogen-bond donors (Lipinski definition) is 5. The van der Waals surface area contributed by atoms with Gasteiger partial charge in [-0.05, 0) is 12.8 Å². The Morgan fingerprint density at radius 2 is 2.03 bits per heavy atom. The Morgan fingerprint density at radius 3 is 2.73 bits per heavy atom. The Bertz CT molecular complexity index is 989. The van der Waals surface area contributed by atoms with Gasteiger partial charge in [-0.15, -0.1) is 0 Å². The third kappa shape index (κ3) is 3.86. The zero-order valence-electron chi connectivity index (χ0n) is 16.1. The van der Waals surface area contributed by atoms with E-state index < -0.39 is 35.4 Å². The number of carbonyl (C=O) groups is 1. The van der Waals surface area contributed by atoms with Crippen LogP contribution >= 0.6 is 11.3 Å². The number of anilines is 2. The van der Waals surface area contributed by atoms with Crippen LogP contribution in [-0.2, 0) is 14.3 Å². The maximum atomic E-state index is 12.8. The number of ether oxygens (including phenoxy) is 2. The molecule has 0 spiro atoms. The van der Waals surface area contributed by atoms with Gasteiger partial charge in [-0.3, -0.25) is 14.2 Å². The van der Waals surface area contributed by atoms with Gasteiger partial charge in [0.15, 0.2) is 17.7 Å². The molecule has 12 nitrogen and oxygen atoms in total. The first-order valence-electron chi connectivity index (χ1n) is 9.71. The molecule has 2 aromatic rings. The summed E-state index contributed by atoms with van der Waals surface area (Å²) in [6.45, 7) is -0.635. The number of rotatable bonds is 6. The first-order chi connectivity index (χ1) is 14.4. The van der Waals surface area contributed by atoms with Gasteiger partial charge in [0, 0.05) is 6.04 Å². The number of nitrogens with two attached hydrogens (primary N) is 2. The molecule has 0 amide bonds. The molecule has 4 atom stereocenters. The number of nitrogens with one attached hydrogen (secondary N) is 1. The van der Waals surface area contributed by atoms with Gasteiger partial charge in [0.05, 0.1) is 6.54 Å². The number of aliphatic hydroxyl groups excluding tert-OH is 2. The van der Waals surface area contributed by atoms with Crippen LogP contribution in [0.1, 0.15) is 31.9 Å². The lowest BCUT2D eigenvalue weighted by atomic mass is 10.1. The molecule has 2 aromatic heterocycles. The van der Waals surface area contributed by atoms with Gasteiger partial charge < -0.3 is 36.5 Å². The van der Waals surface area contributed by atoms with Gasteiger partial charge in [0.25, 0.3) is 0 Å². The molecule has 1 aliphatic heterocycles. The van der Waals surface area contributed by atoms with Crippen LogP contribution < -0.4 is 21.7 Å². The van der Waals surface area contributed by atoms with Crippen LogP contribution in [0.4, 0.5) is 11.8 Å². The van der Waals surface area contributed by atoms with Crippen molar-refractivity contribution in [1.82, 2.24) is 14.5 Å². The van der Waals surface area contributed by atoms with E-state index in [0.29, 0.717) is 10.5 Å². The van der Waals surface area contributed by atoms with Crippen molar-refractivity contribution in [2.75, 3.05) is 24.2 Å². The van der Waals surface area contributed by atoms with E-state index in [1.165, 1.54) is 0 Å². The van der Waals surface area contributed by atoms with Crippen LogP contribution in [0.25, 0.3) is 10.3 Å². The number of fused-ring (bicyclic) bond motifs is 1. The molecule has 13 heteroatoms. The summed E-state index contributed by atoms with van der Waals surface area (Å²) in [4.78, 5) is 32.0. The third-order valence-corrected chi connectivity index (χ3v) is 6.29. The molecular formula is C17H24N6O6S. The summed E-state index contributed by atoms with van der Waals surface area (Å²) < 4.78 is 12.2. The SMILES string of the molecule is NCC(=O)OC[C@H]1O[C@@H](n2c(=O)sc3c(NC4CCCC4)nc(N)nc32)[C@H](O)[C@@H]1O. The molecule has 4 rings (SSSR count). The molecule has 1 aliphatic carbocycles. The topological polar surface area (TPSA) is 188 Å². The van der Waals surface area contributed by atoms with Gasteiger partial charge in [0.1, 0.15) is 29.6 Å². The van der Waals surface area contributed by atoms with Crippen molar-refractivity contribution in [2.24, 2.45) is 5.73 Å². The molecule has 1 saturated heterocycles. The lowest BCUT2D eigenvalue weighted by Crippen LogP contribution is -2.35. The van der Waals surface area contributed by atoms with Crippen LogP contribution in [0.2, 0.25) is 0 Å². The monoisotopic (exact) mass is 440 g/mol. The van der Waals surface area contributed by atoms with Crippen LogP contribution in [0.5, 0.6) is 0 Å². The maximum Gasteiger partial charge on any atom is 0.319 e. The van der Waals surface area contributed by atoms with Gasteiger partial charge in [-0.1, -0.05) is 24.2 Å². The summed E-state index contributed by atoms with van der Waals surface area (Å²) in [5.41, 5.74) is 11.3. The molecular weight excluding hydrogens is 416 g/mol. The van der Waals surface area contributed by atoms with E-state index in [0.717, 1.165) is 41.6 Å². The first-order valence-corrected chi connectivity index (χ1v) is 10.5. The quantitative estimate of drug-likeness (QED) is 0.343. The summed E-state index contributed by atoms with van der Waals surface area (Å²) >= 11 is 0.900. The number of thiazole rings is 1. The zero-order chi connectivity index (χ0) is 21.4. The highest BCUT2D eigenvalue weighted by Crippen LogP contribution is 2.34. The average molecular weight is 440 g/mol. The van der Waals surface area contributed by atoms with E-state index in [2.05, 4.69) is 15.3 Å². The summed E-state index contributed by atoms with van der Waals surface area (Å²) in [5.74, 6) is -0.243. The van der Waals surface area contributed by atoms with E-state index in [1.807, 2.05) is 0 Å². The minimum absolute atomic E-state index is 0.0315. The standard InChI is InChI=1S/C17H24N6O6S/c18-5-9(24)28-6-8-10(25)11(26)15(29-8)23-14-12(30-17(23)27)13(21-16(19)22-14)20-7-3-1-2-4-7/h7-8,10-11,15,25-26H,1-6,18H2,(H3,19,20,21,22)/t8-,10-,11-,15-/m1/s1. The molecule has 2 fully saturated rings. The Hall–Kier alpha value is -2.32. The number of aromatic nitrogens is 3. The van der Waals surface area contributed by atoms with Crippen molar-refractivity contribution >= 4 is 39.4 Å². The Balaban J connectivity index is 1.65. The predicted molar refractivity (Wildman–Crippen MR) is 108 cm³/mol. The Labute approximate surface area is 174 Å². The van der Waals surface area contributed by atoms with Gasteiger partial charge in [-0.2, -0.15) is 9.97 Å². The second-order valence-electron chi connectivity index (χ2n) is 7.38. The summed E-state index contributed by atoms with van der Waals surface area (Å²) in [6.07, 6.45) is -0.832. The highest BCUT2D eigenvalue weighted by molar-refractivity contribution is 7.17. The van der Waals surface area contributed by atoms with Gasteiger partial charge in [0.2, 0.25) is 5.95 Å². The average Bonchev–Trinajstić information content (AvgIpc) is 3.40. The summed E-state index contributed by atoms with van der Waals surface area (Å²) in [5, 5.41) is 24.1. The first kappa shape index (κ1) is 20.9. The van der Waals surface area contributed by atoms with Crippen LogP contribution in [-0.4, -0.2) is 68.2 Å². The molecule has 0 aromatic carbocycles. The van der Waals surface area contributed by atoms with Gasteiger partial charge >= 0.3 is 10.8 Å². The van der Waals surface area contributed by atoms with E-state index in [1.54, 1.807) is 0 Å². The van der Waals surface area contributed by atoms with Crippen molar-refractivity contribution < 1.29 is 24.5 Å². The second-order valence-corrected chi connectivity index (χ2v) is 8.34. The lowest BCUT2D eigenvalue weighted by Gasteiger charge is -2.17. The van der Waals surface area contributed by atoms with Crippen molar-refractivity contribution in [3.63, 3.8) is 0 Å². The summed E-state index contributed by atoms with van der Waals surface area (Å²) in [6, 6.07) is 0.241. The van der Waals surface area contributed by atoms with Crippen molar-refractivity contribution in [3.8, 4) is 0 Å². The smallest absolute Gasteiger partial charge is 0.319 e. The molecule has 7 N–H and O–H groups in total. The highest BCUT2D eigenvalue weighted by atomic mass is 32.1. The fraction of sp³-hybridized carbons (Fsp3) is 0.647. The predicted octanol–water partition coefficient (Wildman–Crippen LogP) is -1.09. The molecule has 2 aliphatic rings. The van der Waals surface area contributed by atoms with E-state index in [-0.39, 0.29) is 30.8 Å². The fourth-order valence-electron chi connectivity index (χ4n) is 3.84. The van der Waals surface area contributed by atoms with Crippen LogP contribution in [0.3, 0.4) is 0 Å². The van der Waals surface area contributed by atoms with Crippen molar-refractivity contribution in [3.05, 3.63) is 9.67 Å². The lowest BCUT2D eigenvalue weighted by molar-refractivity contribution is -0.148. The van der Waals surface area contributed by atoms with Gasteiger partial charge in [-0.25, -0.2) is 0 Å². The zero-order valence-corrected chi connectivity index (χ0v) is 16.9. The van der Waals surface area contributed by atoms with E-state index in [9.17, 15) is 19.8 Å². The summed E-state index contributed by atoms with van der Waals surface area (Å²) in [7, 11) is 0. The number of esters is 1. The Morgan fingerprint density at radius 1 is 1.30 bits per heavy atom. The molecule has 0 unspecified atom stereocenters. The molecule has 164 valence electrons. The maximum absolute atomic E-state index is 12.8. The molecule has 0 radical (unpaired) electrons. The largest absolute Gasteiger partial charge is 0.462 e. The molecule has 0 bridgehead atoms. The second kappa shape index (κ2) is 8.43. The number of nitrogen functional groups attached to an aromatic ring is 1. The number of aliphatic hydroxyl groups is 2. The Kier molecular flexibility index (Phi) is 5.88. The third-order valence-electron chi connectivity index (χ3n) is 5.34.